The van der Waals surface area contributed by atoms with Gasteiger partial charge in [-0.2, -0.15) is 4.98 Å². The van der Waals surface area contributed by atoms with Crippen LogP contribution in [0.25, 0.3) is 22.8 Å². The number of nitrogens with zero attached hydrogens (tertiary/aromatic N) is 2. The second-order valence-corrected chi connectivity index (χ2v) is 6.88. The number of anilines is 1. The Kier molecular flexibility index (Phi) is 5.93. The van der Waals surface area contributed by atoms with Gasteiger partial charge in [-0.3, -0.25) is 4.79 Å². The largest absolute Gasteiger partial charge is 0.497 e. The molecule has 1 heterocycles. The first-order chi connectivity index (χ1) is 15.1. The van der Waals surface area contributed by atoms with Gasteiger partial charge in [0.25, 0.3) is 11.8 Å². The number of hydrogen-bond acceptors (Lipinski definition) is 6. The van der Waals surface area contributed by atoms with E-state index in [4.69, 9.17) is 14.0 Å². The Labute approximate surface area is 179 Å². The number of nitrogens with one attached hydrogen (secondary N) is 1. The molecule has 1 amide bonds. The molecule has 4 rings (SSSR count). The SMILES string of the molecule is COc1ccc(NC(=O)COc2ccc(-c3nc(-c4ccc(C)cc4)no3)cc2)cc1. The lowest BCUT2D eigenvalue weighted by atomic mass is 10.1. The number of ether oxygens (including phenoxy) is 2. The zero-order chi connectivity index (χ0) is 21.6. The number of methoxy groups -OCH3 is 1. The van der Waals surface area contributed by atoms with Crippen LogP contribution in [-0.4, -0.2) is 29.8 Å². The van der Waals surface area contributed by atoms with Crippen LogP contribution in [0, 0.1) is 6.92 Å². The Morgan fingerprint density at radius 2 is 1.55 bits per heavy atom. The summed E-state index contributed by atoms with van der Waals surface area (Å²) in [6, 6.07) is 22.1. The minimum absolute atomic E-state index is 0.108. The lowest BCUT2D eigenvalue weighted by Gasteiger charge is -2.08. The molecule has 1 N–H and O–H groups in total. The van der Waals surface area contributed by atoms with Gasteiger partial charge in [-0.05, 0) is 55.5 Å². The molecule has 31 heavy (non-hydrogen) atoms. The van der Waals surface area contributed by atoms with Gasteiger partial charge < -0.3 is 19.3 Å². The summed E-state index contributed by atoms with van der Waals surface area (Å²) < 4.78 is 16.0. The van der Waals surface area contributed by atoms with Crippen LogP contribution in [0.1, 0.15) is 5.56 Å². The van der Waals surface area contributed by atoms with Crippen LogP contribution in [0.5, 0.6) is 11.5 Å². The molecule has 0 bridgehead atoms. The van der Waals surface area contributed by atoms with Crippen molar-refractivity contribution in [2.24, 2.45) is 0 Å². The molecule has 0 spiro atoms. The molecule has 3 aromatic carbocycles. The normalized spacial score (nSPS) is 10.5. The molecule has 0 fully saturated rings. The molecule has 156 valence electrons. The van der Waals surface area contributed by atoms with Gasteiger partial charge in [-0.1, -0.05) is 35.0 Å². The van der Waals surface area contributed by atoms with Crippen molar-refractivity contribution in [3.8, 4) is 34.3 Å². The smallest absolute Gasteiger partial charge is 0.262 e. The maximum Gasteiger partial charge on any atom is 0.262 e. The third-order valence-electron chi connectivity index (χ3n) is 4.58. The fourth-order valence-electron chi connectivity index (χ4n) is 2.87. The highest BCUT2D eigenvalue weighted by Gasteiger charge is 2.11. The van der Waals surface area contributed by atoms with E-state index < -0.39 is 0 Å². The van der Waals surface area contributed by atoms with E-state index in [1.54, 1.807) is 43.5 Å². The van der Waals surface area contributed by atoms with Gasteiger partial charge in [-0.25, -0.2) is 0 Å². The molecule has 0 atom stereocenters. The van der Waals surface area contributed by atoms with Crippen LogP contribution < -0.4 is 14.8 Å². The average Bonchev–Trinajstić information content (AvgIpc) is 3.29. The van der Waals surface area contributed by atoms with Crippen LogP contribution in [0.2, 0.25) is 0 Å². The first-order valence-electron chi connectivity index (χ1n) is 9.68. The molecule has 0 saturated heterocycles. The van der Waals surface area contributed by atoms with E-state index in [0.29, 0.717) is 23.2 Å². The van der Waals surface area contributed by atoms with E-state index >= 15 is 0 Å². The third-order valence-corrected chi connectivity index (χ3v) is 4.58. The Bertz CT molecular complexity index is 1150. The number of benzene rings is 3. The molecule has 0 saturated carbocycles. The standard InChI is InChI=1S/C24H21N3O4/c1-16-3-5-17(6-4-16)23-26-24(31-27-23)18-7-11-21(12-8-18)30-15-22(28)25-19-9-13-20(29-2)14-10-19/h3-14H,15H2,1-2H3,(H,25,28). The van der Waals surface area contributed by atoms with Crippen LogP contribution in [0.4, 0.5) is 5.69 Å². The number of aryl methyl sites for hydroxylation is 1. The lowest BCUT2D eigenvalue weighted by molar-refractivity contribution is -0.118. The van der Waals surface area contributed by atoms with Crippen molar-refractivity contribution in [2.75, 3.05) is 19.0 Å². The Morgan fingerprint density at radius 1 is 0.903 bits per heavy atom. The third kappa shape index (κ3) is 5.08. The highest BCUT2D eigenvalue weighted by molar-refractivity contribution is 5.91. The Hall–Kier alpha value is -4.13. The number of rotatable bonds is 7. The molecule has 0 aliphatic carbocycles. The molecule has 4 aromatic rings. The fourth-order valence-corrected chi connectivity index (χ4v) is 2.87. The van der Waals surface area contributed by atoms with E-state index in [1.165, 1.54) is 5.56 Å². The van der Waals surface area contributed by atoms with Crippen LogP contribution in [0.3, 0.4) is 0 Å². The van der Waals surface area contributed by atoms with Gasteiger partial charge in [0.05, 0.1) is 7.11 Å². The van der Waals surface area contributed by atoms with E-state index in [0.717, 1.165) is 16.9 Å². The summed E-state index contributed by atoms with van der Waals surface area (Å²) in [5.74, 6) is 1.98. The summed E-state index contributed by atoms with van der Waals surface area (Å²) >= 11 is 0. The number of aromatic nitrogens is 2. The van der Waals surface area contributed by atoms with E-state index in [9.17, 15) is 4.79 Å². The van der Waals surface area contributed by atoms with E-state index in [2.05, 4.69) is 15.5 Å². The predicted molar refractivity (Wildman–Crippen MR) is 117 cm³/mol. The van der Waals surface area contributed by atoms with Crippen LogP contribution >= 0.6 is 0 Å². The van der Waals surface area contributed by atoms with Gasteiger partial charge in [0, 0.05) is 16.8 Å². The first-order valence-corrected chi connectivity index (χ1v) is 9.68. The summed E-state index contributed by atoms with van der Waals surface area (Å²) in [4.78, 5) is 16.5. The van der Waals surface area contributed by atoms with Gasteiger partial charge in [-0.15, -0.1) is 0 Å². The van der Waals surface area contributed by atoms with Crippen LogP contribution in [-0.2, 0) is 4.79 Å². The lowest BCUT2D eigenvalue weighted by Crippen LogP contribution is -2.20. The quantitative estimate of drug-likeness (QED) is 0.469. The van der Waals surface area contributed by atoms with Crippen molar-refractivity contribution in [3.05, 3.63) is 78.4 Å². The molecular formula is C24H21N3O4. The van der Waals surface area contributed by atoms with Crippen molar-refractivity contribution in [3.63, 3.8) is 0 Å². The number of hydrogen-bond donors (Lipinski definition) is 1. The molecule has 0 aliphatic rings. The molecule has 1 aromatic heterocycles. The zero-order valence-electron chi connectivity index (χ0n) is 17.2. The summed E-state index contributed by atoms with van der Waals surface area (Å²) in [7, 11) is 1.59. The van der Waals surface area contributed by atoms with Gasteiger partial charge in [0.1, 0.15) is 11.5 Å². The van der Waals surface area contributed by atoms with Crippen molar-refractivity contribution in [2.45, 2.75) is 6.92 Å². The molecule has 0 radical (unpaired) electrons. The van der Waals surface area contributed by atoms with Crippen molar-refractivity contribution in [1.82, 2.24) is 10.1 Å². The molecular weight excluding hydrogens is 394 g/mol. The zero-order valence-corrected chi connectivity index (χ0v) is 17.2. The summed E-state index contributed by atoms with van der Waals surface area (Å²) in [6.07, 6.45) is 0. The summed E-state index contributed by atoms with van der Waals surface area (Å²) in [5, 5.41) is 6.82. The monoisotopic (exact) mass is 415 g/mol. The van der Waals surface area contributed by atoms with Gasteiger partial charge in [0.2, 0.25) is 5.82 Å². The molecule has 0 unspecified atom stereocenters. The summed E-state index contributed by atoms with van der Waals surface area (Å²) in [5.41, 5.74) is 3.50. The minimum Gasteiger partial charge on any atom is -0.497 e. The van der Waals surface area contributed by atoms with Gasteiger partial charge >= 0.3 is 0 Å². The predicted octanol–water partition coefficient (Wildman–Crippen LogP) is 4.74. The van der Waals surface area contributed by atoms with E-state index in [1.807, 2.05) is 43.3 Å². The Morgan fingerprint density at radius 3 is 2.23 bits per heavy atom. The average molecular weight is 415 g/mol. The van der Waals surface area contributed by atoms with E-state index in [-0.39, 0.29) is 12.5 Å². The fraction of sp³-hybridized carbons (Fsp3) is 0.125. The second kappa shape index (κ2) is 9.13. The van der Waals surface area contributed by atoms with Crippen molar-refractivity contribution < 1.29 is 18.8 Å². The molecule has 0 aliphatic heterocycles. The highest BCUT2D eigenvalue weighted by Crippen LogP contribution is 2.24. The van der Waals surface area contributed by atoms with Crippen molar-refractivity contribution in [1.29, 1.82) is 0 Å². The number of amides is 1. The molecule has 7 heteroatoms. The summed E-state index contributed by atoms with van der Waals surface area (Å²) in [6.45, 7) is 1.92. The maximum absolute atomic E-state index is 12.1. The molecule has 7 nitrogen and oxygen atoms in total. The van der Waals surface area contributed by atoms with Crippen LogP contribution in [0.15, 0.2) is 77.3 Å². The van der Waals surface area contributed by atoms with Gasteiger partial charge in [0.15, 0.2) is 6.61 Å². The highest BCUT2D eigenvalue weighted by atomic mass is 16.5. The number of carbonyl (C=O) groups excluding carboxylic acids is 1. The topological polar surface area (TPSA) is 86.5 Å². The van der Waals surface area contributed by atoms with Crippen molar-refractivity contribution >= 4 is 11.6 Å². The first kappa shape index (κ1) is 20.2. The minimum atomic E-state index is -0.256. The second-order valence-electron chi connectivity index (χ2n) is 6.88. The Balaban J connectivity index is 1.34. The maximum atomic E-state index is 12.1. The number of carbonyl (C=O) groups is 1.